The number of rotatable bonds is 5. The summed E-state index contributed by atoms with van der Waals surface area (Å²) in [7, 11) is 1.16. The third-order valence-electron chi connectivity index (χ3n) is 4.31. The average Bonchev–Trinajstić information content (AvgIpc) is 3.08. The highest BCUT2D eigenvalue weighted by Gasteiger charge is 2.49. The molecule has 6 nitrogen and oxygen atoms in total. The zero-order valence-electron chi connectivity index (χ0n) is 15.0. The number of carbonyl (C=O) groups is 1. The first kappa shape index (κ1) is 20.2. The lowest BCUT2D eigenvalue weighted by Gasteiger charge is -2.36. The van der Waals surface area contributed by atoms with Crippen LogP contribution < -0.4 is 0 Å². The van der Waals surface area contributed by atoms with Gasteiger partial charge >= 0.3 is 6.03 Å². The number of hydroxylamine groups is 2. The van der Waals surface area contributed by atoms with E-state index in [2.05, 4.69) is 5.10 Å². The van der Waals surface area contributed by atoms with Crippen molar-refractivity contribution in [3.63, 3.8) is 0 Å². The van der Waals surface area contributed by atoms with Crippen LogP contribution in [0, 0.1) is 11.6 Å². The minimum Gasteiger partial charge on any atom is -0.396 e. The van der Waals surface area contributed by atoms with Gasteiger partial charge in [-0.05, 0) is 36.6 Å². The predicted molar refractivity (Wildman–Crippen MR) is 102 cm³/mol. The molecule has 9 heteroatoms. The molecule has 0 radical (unpaired) electrons. The number of carbonyl (C=O) groups excluding carboxylic acids is 1. The molecule has 1 unspecified atom stereocenters. The van der Waals surface area contributed by atoms with E-state index in [9.17, 15) is 23.9 Å². The third kappa shape index (κ3) is 3.73. The molecular weight excluding hydrogens is 388 g/mol. The third-order valence-corrected chi connectivity index (χ3v) is 5.76. The minimum atomic E-state index is -1.13. The molecule has 2 N–H and O–H groups in total. The Labute approximate surface area is 165 Å². The van der Waals surface area contributed by atoms with Gasteiger partial charge in [-0.1, -0.05) is 42.1 Å². The van der Waals surface area contributed by atoms with E-state index in [4.69, 9.17) is 0 Å². The van der Waals surface area contributed by atoms with Crippen molar-refractivity contribution in [3.05, 3.63) is 71.3 Å². The Morgan fingerprint density at radius 2 is 1.96 bits per heavy atom. The number of urea groups is 1. The second-order valence-corrected chi connectivity index (χ2v) is 7.49. The molecule has 1 heterocycles. The highest BCUT2D eigenvalue weighted by atomic mass is 32.2. The summed E-state index contributed by atoms with van der Waals surface area (Å²) in [5, 5.41) is 24.9. The fourth-order valence-corrected chi connectivity index (χ4v) is 4.41. The van der Waals surface area contributed by atoms with Crippen LogP contribution in [-0.4, -0.2) is 45.1 Å². The minimum absolute atomic E-state index is 0.0785. The number of thioether (sulfide) groups is 1. The molecule has 2 aromatic carbocycles. The number of aliphatic hydroxyl groups is 1. The first-order valence-corrected chi connectivity index (χ1v) is 9.37. The molecule has 0 fully saturated rings. The maximum atomic E-state index is 14.4. The second kappa shape index (κ2) is 8.26. The van der Waals surface area contributed by atoms with Crippen molar-refractivity contribution in [2.24, 2.45) is 5.10 Å². The van der Waals surface area contributed by atoms with Gasteiger partial charge in [0.15, 0.2) is 0 Å². The lowest BCUT2D eigenvalue weighted by Crippen LogP contribution is -2.46. The number of hydrazone groups is 1. The summed E-state index contributed by atoms with van der Waals surface area (Å²) in [5.41, 5.74) is 0.601. The molecule has 0 spiro atoms. The molecule has 0 aliphatic carbocycles. The molecule has 28 heavy (non-hydrogen) atoms. The van der Waals surface area contributed by atoms with Crippen molar-refractivity contribution in [1.82, 2.24) is 10.1 Å². The Morgan fingerprint density at radius 1 is 1.25 bits per heavy atom. The maximum absolute atomic E-state index is 14.4. The van der Waals surface area contributed by atoms with Crippen LogP contribution in [-0.2, 0) is 4.87 Å². The average molecular weight is 407 g/mol. The maximum Gasteiger partial charge on any atom is 0.365 e. The quantitative estimate of drug-likeness (QED) is 0.585. The Bertz CT molecular complexity index is 895. The smallest absolute Gasteiger partial charge is 0.365 e. The standard InChI is InChI=1S/C19H19F2N3O3S/c1-23(27)18(26)24-19(10-5-11-25,13-6-3-2-4-7-13)28-17(22-24)15-12-14(20)8-9-16(15)21/h2-4,6-9,12,25,27H,5,10-11H2,1H3. The van der Waals surface area contributed by atoms with Crippen LogP contribution in [0.2, 0.25) is 0 Å². The predicted octanol–water partition coefficient (Wildman–Crippen LogP) is 3.74. The van der Waals surface area contributed by atoms with Crippen LogP contribution in [0.5, 0.6) is 0 Å². The van der Waals surface area contributed by atoms with E-state index in [0.717, 1.165) is 42.0 Å². The van der Waals surface area contributed by atoms with Crippen molar-refractivity contribution in [3.8, 4) is 0 Å². The summed E-state index contributed by atoms with van der Waals surface area (Å²) in [6.07, 6.45) is 0.608. The number of halogens is 2. The number of aliphatic hydroxyl groups excluding tert-OH is 1. The highest BCUT2D eigenvalue weighted by Crippen LogP contribution is 2.50. The molecule has 148 valence electrons. The normalized spacial score (nSPS) is 18.9. The molecule has 1 aliphatic heterocycles. The van der Waals surface area contributed by atoms with E-state index in [-0.39, 0.29) is 23.6 Å². The van der Waals surface area contributed by atoms with Gasteiger partial charge in [-0.3, -0.25) is 5.21 Å². The summed E-state index contributed by atoms with van der Waals surface area (Å²) in [5.74, 6) is -1.31. The van der Waals surface area contributed by atoms with Crippen molar-refractivity contribution in [1.29, 1.82) is 0 Å². The van der Waals surface area contributed by atoms with Crippen molar-refractivity contribution >= 4 is 22.8 Å². The molecule has 0 saturated carbocycles. The second-order valence-electron chi connectivity index (χ2n) is 6.23. The molecule has 3 rings (SSSR count). The summed E-state index contributed by atoms with van der Waals surface area (Å²) < 4.78 is 28.1. The highest BCUT2D eigenvalue weighted by molar-refractivity contribution is 8.15. The van der Waals surface area contributed by atoms with Crippen LogP contribution >= 0.6 is 11.8 Å². The van der Waals surface area contributed by atoms with Gasteiger partial charge in [0, 0.05) is 19.2 Å². The number of amides is 2. The van der Waals surface area contributed by atoms with Crippen LogP contribution in [0.4, 0.5) is 13.6 Å². The Hall–Kier alpha value is -2.49. The van der Waals surface area contributed by atoms with E-state index in [1.165, 1.54) is 0 Å². The fourth-order valence-electron chi connectivity index (χ4n) is 3.00. The van der Waals surface area contributed by atoms with Crippen LogP contribution in [0.3, 0.4) is 0 Å². The number of hydrogen-bond donors (Lipinski definition) is 2. The summed E-state index contributed by atoms with van der Waals surface area (Å²) in [4.78, 5) is 11.5. The van der Waals surface area contributed by atoms with E-state index in [1.54, 1.807) is 30.3 Å². The Balaban J connectivity index is 2.15. The van der Waals surface area contributed by atoms with Crippen molar-refractivity contribution in [2.75, 3.05) is 13.7 Å². The summed E-state index contributed by atoms with van der Waals surface area (Å²) >= 11 is 1.08. The molecule has 1 atom stereocenters. The van der Waals surface area contributed by atoms with Crippen molar-refractivity contribution < 1.29 is 23.9 Å². The van der Waals surface area contributed by atoms with Gasteiger partial charge in [0.2, 0.25) is 0 Å². The van der Waals surface area contributed by atoms with Crippen molar-refractivity contribution in [2.45, 2.75) is 17.7 Å². The number of nitrogens with zero attached hydrogens (tertiary/aromatic N) is 3. The van der Waals surface area contributed by atoms with Gasteiger partial charge < -0.3 is 5.11 Å². The lowest BCUT2D eigenvalue weighted by atomic mass is 10.0. The zero-order valence-corrected chi connectivity index (χ0v) is 15.9. The molecule has 0 saturated heterocycles. The van der Waals surface area contributed by atoms with Gasteiger partial charge in [0.05, 0.1) is 0 Å². The molecule has 1 aliphatic rings. The first-order valence-electron chi connectivity index (χ1n) is 8.55. The van der Waals surface area contributed by atoms with Gasteiger partial charge in [0.25, 0.3) is 0 Å². The van der Waals surface area contributed by atoms with Crippen LogP contribution in [0.1, 0.15) is 24.0 Å². The van der Waals surface area contributed by atoms with Gasteiger partial charge in [-0.25, -0.2) is 18.6 Å². The Morgan fingerprint density at radius 3 is 2.61 bits per heavy atom. The molecule has 0 aromatic heterocycles. The SMILES string of the molecule is CN(O)C(=O)N1N=C(c2cc(F)ccc2F)SC1(CCCO)c1ccccc1. The van der Waals surface area contributed by atoms with E-state index in [0.29, 0.717) is 17.0 Å². The number of benzene rings is 2. The van der Waals surface area contributed by atoms with E-state index >= 15 is 0 Å². The molecule has 2 amide bonds. The lowest BCUT2D eigenvalue weighted by molar-refractivity contribution is -0.0405. The molecular formula is C19H19F2N3O3S. The molecule has 2 aromatic rings. The first-order chi connectivity index (χ1) is 13.4. The summed E-state index contributed by atoms with van der Waals surface area (Å²) in [6.45, 7) is -0.129. The van der Waals surface area contributed by atoms with E-state index in [1.807, 2.05) is 0 Å². The zero-order chi connectivity index (χ0) is 20.3. The summed E-state index contributed by atoms with van der Waals surface area (Å²) in [6, 6.07) is 11.1. The molecule has 0 bridgehead atoms. The van der Waals surface area contributed by atoms with E-state index < -0.39 is 22.5 Å². The van der Waals surface area contributed by atoms with Crippen LogP contribution in [0.15, 0.2) is 53.6 Å². The number of hydrogen-bond acceptors (Lipinski definition) is 5. The topological polar surface area (TPSA) is 76.4 Å². The largest absolute Gasteiger partial charge is 0.396 e. The van der Waals surface area contributed by atoms with Gasteiger partial charge in [-0.15, -0.1) is 0 Å². The van der Waals surface area contributed by atoms with Gasteiger partial charge in [-0.2, -0.15) is 10.1 Å². The van der Waals surface area contributed by atoms with Gasteiger partial charge in [0.1, 0.15) is 21.5 Å². The fraction of sp³-hybridized carbons (Fsp3) is 0.263. The Kier molecular flexibility index (Phi) is 5.97. The van der Waals surface area contributed by atoms with Crippen LogP contribution in [0.25, 0.3) is 0 Å². The monoisotopic (exact) mass is 407 g/mol.